The molecule has 0 bridgehead atoms. The highest BCUT2D eigenvalue weighted by Crippen LogP contribution is 2.20. The normalized spacial score (nSPS) is 12.5. The lowest BCUT2D eigenvalue weighted by molar-refractivity contribution is -0.893. The van der Waals surface area contributed by atoms with Crippen LogP contribution < -0.4 is 4.74 Å². The number of quaternary nitrogens is 1. The second-order valence-corrected chi connectivity index (χ2v) is 8.60. The molecule has 31 heavy (non-hydrogen) atoms. The number of rotatable bonds is 10. The number of carbonyl (C=O) groups is 1. The van der Waals surface area contributed by atoms with E-state index in [0.717, 1.165) is 18.5 Å². The predicted molar refractivity (Wildman–Crippen MR) is 123 cm³/mol. The number of likely N-dealkylation sites (N-methyl/N-ethyl adjacent to an activating group) is 1. The first-order valence-corrected chi connectivity index (χ1v) is 10.6. The van der Waals surface area contributed by atoms with Crippen LogP contribution in [-0.4, -0.2) is 62.6 Å². The van der Waals surface area contributed by atoms with E-state index in [2.05, 4.69) is 56.6 Å². The third-order valence-electron chi connectivity index (χ3n) is 5.49. The Morgan fingerprint density at radius 2 is 1.71 bits per heavy atom. The van der Waals surface area contributed by atoms with Crippen LogP contribution in [0.15, 0.2) is 66.7 Å². The van der Waals surface area contributed by atoms with Crippen molar-refractivity contribution in [2.75, 3.05) is 40.9 Å². The molecule has 5 heteroatoms. The van der Waals surface area contributed by atoms with E-state index < -0.39 is 6.10 Å². The fourth-order valence-electron chi connectivity index (χ4n) is 3.74. The number of hydrogen-bond acceptors (Lipinski definition) is 4. The zero-order valence-electron chi connectivity index (χ0n) is 18.6. The van der Waals surface area contributed by atoms with E-state index in [4.69, 9.17) is 9.47 Å². The van der Waals surface area contributed by atoms with Gasteiger partial charge in [0, 0.05) is 12.0 Å². The van der Waals surface area contributed by atoms with Gasteiger partial charge in [0.25, 0.3) is 0 Å². The molecule has 0 spiro atoms. The van der Waals surface area contributed by atoms with Crippen molar-refractivity contribution in [3.8, 4) is 5.75 Å². The summed E-state index contributed by atoms with van der Waals surface area (Å²) in [5.74, 6) is 0.288. The molecule has 0 aliphatic carbocycles. The van der Waals surface area contributed by atoms with Gasteiger partial charge in [-0.25, -0.2) is 0 Å². The Labute approximate surface area is 184 Å². The molecule has 0 aliphatic heterocycles. The van der Waals surface area contributed by atoms with Gasteiger partial charge in [-0.1, -0.05) is 60.7 Å². The Balaban J connectivity index is 1.52. The summed E-state index contributed by atoms with van der Waals surface area (Å²) in [4.78, 5) is 11.6. The average molecular weight is 423 g/mol. The molecule has 164 valence electrons. The molecule has 0 saturated carbocycles. The molecular formula is C26H32NO4+. The van der Waals surface area contributed by atoms with Crippen LogP contribution in [0.2, 0.25) is 0 Å². The molecule has 1 unspecified atom stereocenters. The van der Waals surface area contributed by atoms with E-state index in [1.54, 1.807) is 0 Å². The highest BCUT2D eigenvalue weighted by Gasteiger charge is 2.21. The van der Waals surface area contributed by atoms with Crippen LogP contribution in [0.5, 0.6) is 5.75 Å². The summed E-state index contributed by atoms with van der Waals surface area (Å²) in [7, 11) is 5.61. The second kappa shape index (κ2) is 10.4. The van der Waals surface area contributed by atoms with Crippen LogP contribution in [0.3, 0.4) is 0 Å². The molecule has 3 rings (SSSR count). The molecule has 0 heterocycles. The van der Waals surface area contributed by atoms with Crippen LogP contribution in [0.4, 0.5) is 0 Å². The van der Waals surface area contributed by atoms with Crippen molar-refractivity contribution in [3.63, 3.8) is 0 Å². The van der Waals surface area contributed by atoms with Gasteiger partial charge >= 0.3 is 5.97 Å². The number of benzene rings is 3. The lowest BCUT2D eigenvalue weighted by atomic mass is 10.0. The first kappa shape index (κ1) is 22.8. The van der Waals surface area contributed by atoms with Gasteiger partial charge in [-0.3, -0.25) is 4.79 Å². The highest BCUT2D eigenvalue weighted by atomic mass is 16.5. The fraction of sp³-hybridized carbons (Fsp3) is 0.346. The number of aliphatic hydroxyl groups is 1. The van der Waals surface area contributed by atoms with Gasteiger partial charge in [0.15, 0.2) is 0 Å². The number of para-hydroxylation sites is 1. The topological polar surface area (TPSA) is 55.8 Å². The number of methoxy groups -OCH3 is 1. The summed E-state index contributed by atoms with van der Waals surface area (Å²) in [5.41, 5.74) is 2.05. The number of fused-ring (bicyclic) bond motifs is 1. The van der Waals surface area contributed by atoms with Crippen LogP contribution in [0.25, 0.3) is 10.8 Å². The third-order valence-corrected chi connectivity index (χ3v) is 5.49. The molecule has 0 amide bonds. The highest BCUT2D eigenvalue weighted by molar-refractivity contribution is 5.83. The first-order valence-electron chi connectivity index (χ1n) is 10.6. The first-order chi connectivity index (χ1) is 14.9. The molecule has 3 aromatic carbocycles. The SMILES string of the molecule is COC(=O)Cc1ccccc1OCC(O)C[N+](C)(C)CCc1ccc2ccccc2c1. The molecular weight excluding hydrogens is 390 g/mol. The number of hydrogen-bond donors (Lipinski definition) is 1. The Bertz CT molecular complexity index is 1010. The van der Waals surface area contributed by atoms with E-state index in [0.29, 0.717) is 16.8 Å². The number of carbonyl (C=O) groups excluding carboxylic acids is 1. The second-order valence-electron chi connectivity index (χ2n) is 8.60. The smallest absolute Gasteiger partial charge is 0.310 e. The number of esters is 1. The maximum Gasteiger partial charge on any atom is 0.310 e. The van der Waals surface area contributed by atoms with Crippen LogP contribution in [0, 0.1) is 0 Å². The summed E-state index contributed by atoms with van der Waals surface area (Å²) in [6, 6.07) is 22.3. The lowest BCUT2D eigenvalue weighted by Crippen LogP contribution is -2.48. The summed E-state index contributed by atoms with van der Waals surface area (Å²) in [6.07, 6.45) is 0.474. The van der Waals surface area contributed by atoms with Gasteiger partial charge in [0.05, 0.1) is 34.2 Å². The zero-order chi connectivity index (χ0) is 22.3. The van der Waals surface area contributed by atoms with Crippen LogP contribution in [0.1, 0.15) is 11.1 Å². The van der Waals surface area contributed by atoms with E-state index in [-0.39, 0.29) is 19.0 Å². The lowest BCUT2D eigenvalue weighted by Gasteiger charge is -2.32. The minimum Gasteiger partial charge on any atom is -0.490 e. The van der Waals surface area contributed by atoms with Gasteiger partial charge < -0.3 is 19.1 Å². The van der Waals surface area contributed by atoms with E-state index in [1.165, 1.54) is 23.4 Å². The minimum atomic E-state index is -0.613. The average Bonchev–Trinajstić information content (AvgIpc) is 2.76. The van der Waals surface area contributed by atoms with Crippen LogP contribution >= 0.6 is 0 Å². The minimum absolute atomic E-state index is 0.149. The molecule has 3 aromatic rings. The van der Waals surface area contributed by atoms with E-state index in [9.17, 15) is 9.90 Å². The monoisotopic (exact) mass is 422 g/mol. The van der Waals surface area contributed by atoms with Gasteiger partial charge in [0.2, 0.25) is 0 Å². The summed E-state index contributed by atoms with van der Waals surface area (Å²) < 4.78 is 11.3. The molecule has 0 aliphatic rings. The Kier molecular flexibility index (Phi) is 7.66. The largest absolute Gasteiger partial charge is 0.490 e. The quantitative estimate of drug-likeness (QED) is 0.401. The van der Waals surface area contributed by atoms with E-state index >= 15 is 0 Å². The van der Waals surface area contributed by atoms with Crippen molar-refractivity contribution in [1.29, 1.82) is 0 Å². The Hall–Kier alpha value is -2.89. The number of nitrogens with zero attached hydrogens (tertiary/aromatic N) is 1. The van der Waals surface area contributed by atoms with Gasteiger partial charge in [0.1, 0.15) is 25.0 Å². The molecule has 1 atom stereocenters. The molecule has 0 aromatic heterocycles. The fourth-order valence-corrected chi connectivity index (χ4v) is 3.74. The van der Waals surface area contributed by atoms with Gasteiger partial charge in [-0.15, -0.1) is 0 Å². The summed E-state index contributed by atoms with van der Waals surface area (Å²) in [5, 5.41) is 13.1. The summed E-state index contributed by atoms with van der Waals surface area (Å²) in [6.45, 7) is 1.66. The van der Waals surface area contributed by atoms with Crippen molar-refractivity contribution in [3.05, 3.63) is 77.9 Å². The standard InChI is InChI=1S/C26H32NO4/c1-27(2,15-14-20-12-13-21-8-4-5-9-22(21)16-20)18-24(28)19-31-25-11-7-6-10-23(25)17-26(29)30-3/h4-13,16,24,28H,14-15,17-19H2,1-3H3/q+1. The number of aliphatic hydroxyl groups excluding tert-OH is 1. The Morgan fingerprint density at radius 3 is 2.48 bits per heavy atom. The van der Waals surface area contributed by atoms with Crippen molar-refractivity contribution >= 4 is 16.7 Å². The Morgan fingerprint density at radius 1 is 1.00 bits per heavy atom. The third kappa shape index (κ3) is 6.81. The molecule has 5 nitrogen and oxygen atoms in total. The van der Waals surface area contributed by atoms with Crippen LogP contribution in [-0.2, 0) is 22.4 Å². The molecule has 0 fully saturated rings. The van der Waals surface area contributed by atoms with Gasteiger partial charge in [-0.05, 0) is 22.4 Å². The van der Waals surface area contributed by atoms with Crippen molar-refractivity contribution in [1.82, 2.24) is 0 Å². The van der Waals surface area contributed by atoms with Gasteiger partial charge in [-0.2, -0.15) is 0 Å². The van der Waals surface area contributed by atoms with Crippen molar-refractivity contribution in [2.24, 2.45) is 0 Å². The molecule has 1 N–H and O–H groups in total. The van der Waals surface area contributed by atoms with E-state index in [1.807, 2.05) is 24.3 Å². The molecule has 0 radical (unpaired) electrons. The van der Waals surface area contributed by atoms with Crippen molar-refractivity contribution in [2.45, 2.75) is 18.9 Å². The maximum atomic E-state index is 11.6. The predicted octanol–water partition coefficient (Wildman–Crippen LogP) is 3.61. The number of ether oxygens (including phenoxy) is 2. The summed E-state index contributed by atoms with van der Waals surface area (Å²) >= 11 is 0. The molecule has 0 saturated heterocycles. The maximum absolute atomic E-state index is 11.6. The zero-order valence-corrected chi connectivity index (χ0v) is 18.6. The van der Waals surface area contributed by atoms with Crippen molar-refractivity contribution < 1.29 is 23.9 Å².